The van der Waals surface area contributed by atoms with E-state index in [0.29, 0.717) is 5.56 Å². The van der Waals surface area contributed by atoms with E-state index < -0.39 is 53.5 Å². The smallest absolute Gasteiger partial charge is 0.444 e. The quantitative estimate of drug-likeness (QED) is 0.260. The highest BCUT2D eigenvalue weighted by Crippen LogP contribution is 2.52. The minimum absolute atomic E-state index is 0.00505. The van der Waals surface area contributed by atoms with E-state index in [1.165, 1.54) is 63.2 Å². The van der Waals surface area contributed by atoms with E-state index in [9.17, 15) is 28.1 Å². The maximum absolute atomic E-state index is 17.4. The number of para-hydroxylation sites is 1. The first-order valence-electron chi connectivity index (χ1n) is 11.9. The lowest BCUT2D eigenvalue weighted by Gasteiger charge is -2.35. The SMILES string of the molecule is CC(C)(C)OC(=O)N[C@]1(C(F)([N+](=O)[O-])S(=O)(=O)c2ccccc2)C(=O)N(Cc2ccccc2)c2ccccc21. The number of rotatable bonds is 7. The number of anilines is 1. The number of amides is 2. The second kappa shape index (κ2) is 9.77. The largest absolute Gasteiger partial charge is 0.499 e. The molecule has 0 spiro atoms. The first kappa shape index (κ1) is 27.7. The average molecular weight is 556 g/mol. The van der Waals surface area contributed by atoms with Crippen LogP contribution in [0.25, 0.3) is 0 Å². The van der Waals surface area contributed by atoms with Crippen LogP contribution in [-0.2, 0) is 31.5 Å². The van der Waals surface area contributed by atoms with E-state index in [1.807, 2.05) is 5.32 Å². The van der Waals surface area contributed by atoms with Crippen molar-refractivity contribution in [2.45, 2.75) is 48.5 Å². The van der Waals surface area contributed by atoms with Crippen LogP contribution in [0.2, 0.25) is 0 Å². The van der Waals surface area contributed by atoms with Crippen molar-refractivity contribution in [1.82, 2.24) is 5.32 Å². The highest BCUT2D eigenvalue weighted by Gasteiger charge is 2.81. The number of nitro groups is 1. The fourth-order valence-electron chi connectivity index (χ4n) is 4.52. The number of ether oxygens (including phenoxy) is 1. The summed E-state index contributed by atoms with van der Waals surface area (Å²) in [6.45, 7) is 4.28. The molecule has 0 bridgehead atoms. The molecule has 4 rings (SSSR count). The summed E-state index contributed by atoms with van der Waals surface area (Å²) in [6, 6.07) is 19.8. The predicted molar refractivity (Wildman–Crippen MR) is 140 cm³/mol. The Balaban J connectivity index is 2.03. The summed E-state index contributed by atoms with van der Waals surface area (Å²) in [5, 5.41) is 10.0. The van der Waals surface area contributed by atoms with Gasteiger partial charge in [0.15, 0.2) is 0 Å². The molecule has 39 heavy (non-hydrogen) atoms. The minimum Gasteiger partial charge on any atom is -0.444 e. The number of fused-ring (bicyclic) bond motifs is 1. The van der Waals surface area contributed by atoms with Crippen LogP contribution in [0.1, 0.15) is 31.9 Å². The van der Waals surface area contributed by atoms with Crippen molar-refractivity contribution in [3.05, 3.63) is 106 Å². The summed E-state index contributed by atoms with van der Waals surface area (Å²) in [6.07, 6.45) is -1.42. The normalized spacial score (nSPS) is 18.7. The molecule has 1 unspecified atom stereocenters. The van der Waals surface area contributed by atoms with Gasteiger partial charge in [-0.25, -0.2) is 13.2 Å². The van der Waals surface area contributed by atoms with Gasteiger partial charge in [0.25, 0.3) is 21.3 Å². The van der Waals surface area contributed by atoms with Gasteiger partial charge >= 0.3 is 11.2 Å². The molecule has 0 aliphatic carbocycles. The molecule has 3 aromatic carbocycles. The standard InChI is InChI=1S/C27H26FN3O7S/c1-25(2,3)38-24(33)29-26(27(28,31(34)35)39(36,37)20-14-8-5-9-15-20)21-16-10-11-17-22(21)30(23(26)32)18-19-12-6-4-7-13-19/h4-17H,18H2,1-3H3,(H,29,33)/t26-,27?/m0/s1. The molecule has 2 amide bonds. The Morgan fingerprint density at radius 3 is 2.10 bits per heavy atom. The summed E-state index contributed by atoms with van der Waals surface area (Å²) in [5.74, 6) is -1.35. The van der Waals surface area contributed by atoms with Crippen LogP contribution < -0.4 is 10.2 Å². The monoisotopic (exact) mass is 555 g/mol. The summed E-state index contributed by atoms with van der Waals surface area (Å²) >= 11 is 0. The van der Waals surface area contributed by atoms with Gasteiger partial charge in [-0.05, 0) is 44.5 Å². The van der Waals surface area contributed by atoms with Crippen LogP contribution in [0, 0.1) is 10.1 Å². The Labute approximate surface area is 224 Å². The van der Waals surface area contributed by atoms with Gasteiger partial charge in [0, 0.05) is 5.56 Å². The number of benzene rings is 3. The lowest BCUT2D eigenvalue weighted by atomic mass is 9.89. The number of carbonyl (C=O) groups excluding carboxylic acids is 2. The van der Waals surface area contributed by atoms with Crippen molar-refractivity contribution in [1.29, 1.82) is 0 Å². The lowest BCUT2D eigenvalue weighted by molar-refractivity contribution is -0.585. The molecule has 10 nitrogen and oxygen atoms in total. The minimum atomic E-state index is -5.59. The average Bonchev–Trinajstić information content (AvgIpc) is 3.11. The zero-order valence-electron chi connectivity index (χ0n) is 21.3. The number of hydrogen-bond acceptors (Lipinski definition) is 7. The van der Waals surface area contributed by atoms with E-state index in [2.05, 4.69) is 0 Å². The molecule has 0 saturated heterocycles. The van der Waals surface area contributed by atoms with Gasteiger partial charge in [0.2, 0.25) is 0 Å². The number of hydrogen-bond donors (Lipinski definition) is 1. The molecule has 3 aromatic rings. The van der Waals surface area contributed by atoms with E-state index >= 15 is 4.39 Å². The molecule has 12 heteroatoms. The summed E-state index contributed by atoms with van der Waals surface area (Å²) in [4.78, 5) is 38.5. The van der Waals surface area contributed by atoms with Crippen molar-refractivity contribution < 1.29 is 32.1 Å². The molecule has 2 atom stereocenters. The van der Waals surface area contributed by atoms with E-state index in [0.717, 1.165) is 17.0 Å². The molecule has 204 valence electrons. The number of halogens is 1. The number of sulfone groups is 1. The first-order chi connectivity index (χ1) is 18.3. The highest BCUT2D eigenvalue weighted by molar-refractivity contribution is 7.92. The van der Waals surface area contributed by atoms with Crippen LogP contribution in [0.5, 0.6) is 0 Å². The summed E-state index contributed by atoms with van der Waals surface area (Å²) in [5.41, 5.74) is -4.35. The first-order valence-corrected chi connectivity index (χ1v) is 13.3. The van der Waals surface area contributed by atoms with Gasteiger partial charge in [-0.15, -0.1) is 4.39 Å². The second-order valence-electron chi connectivity index (χ2n) is 9.91. The van der Waals surface area contributed by atoms with Gasteiger partial charge in [0.1, 0.15) is 5.60 Å². The third-order valence-corrected chi connectivity index (χ3v) is 8.20. The van der Waals surface area contributed by atoms with Gasteiger partial charge in [-0.1, -0.05) is 66.7 Å². The summed E-state index contributed by atoms with van der Waals surface area (Å²) in [7, 11) is -5.59. The zero-order chi connectivity index (χ0) is 28.6. The molecule has 1 aliphatic heterocycles. The molecule has 0 fully saturated rings. The van der Waals surface area contributed by atoms with Crippen molar-refractivity contribution in [2.75, 3.05) is 4.90 Å². The van der Waals surface area contributed by atoms with E-state index in [-0.39, 0.29) is 12.2 Å². The van der Waals surface area contributed by atoms with Crippen LogP contribution >= 0.6 is 0 Å². The topological polar surface area (TPSA) is 136 Å². The Kier molecular flexibility index (Phi) is 6.94. The molecular formula is C27H26FN3O7S. The zero-order valence-corrected chi connectivity index (χ0v) is 22.1. The van der Waals surface area contributed by atoms with Crippen LogP contribution in [0.15, 0.2) is 89.8 Å². The second-order valence-corrected chi connectivity index (χ2v) is 11.9. The third kappa shape index (κ3) is 4.50. The third-order valence-electron chi connectivity index (χ3n) is 6.14. The molecule has 0 radical (unpaired) electrons. The Bertz CT molecular complexity index is 1530. The van der Waals surface area contributed by atoms with Crippen LogP contribution in [0.4, 0.5) is 14.9 Å². The van der Waals surface area contributed by atoms with Gasteiger partial charge in [0.05, 0.1) is 22.1 Å². The Hall–Kier alpha value is -4.32. The predicted octanol–water partition coefficient (Wildman–Crippen LogP) is 4.33. The molecule has 0 saturated carbocycles. The number of carbonyl (C=O) groups is 2. The Morgan fingerprint density at radius 1 is 1.00 bits per heavy atom. The fraction of sp³-hybridized carbons (Fsp3) is 0.259. The maximum atomic E-state index is 17.4. The molecular weight excluding hydrogens is 529 g/mol. The van der Waals surface area contributed by atoms with Gasteiger partial charge < -0.3 is 9.64 Å². The Morgan fingerprint density at radius 2 is 1.54 bits per heavy atom. The number of nitrogens with zero attached hydrogens (tertiary/aromatic N) is 2. The molecule has 1 aliphatic rings. The van der Waals surface area contributed by atoms with Crippen LogP contribution in [-0.4, -0.2) is 36.1 Å². The molecule has 0 aromatic heterocycles. The lowest BCUT2D eigenvalue weighted by Crippen LogP contribution is -2.70. The number of nitrogens with one attached hydrogen (secondary N) is 1. The van der Waals surface area contributed by atoms with Crippen molar-refractivity contribution in [3.8, 4) is 0 Å². The van der Waals surface area contributed by atoms with Gasteiger partial charge in [-0.2, -0.15) is 0 Å². The van der Waals surface area contributed by atoms with E-state index in [1.54, 1.807) is 30.3 Å². The van der Waals surface area contributed by atoms with Crippen molar-refractivity contribution in [3.63, 3.8) is 0 Å². The number of alkyl carbamates (subject to hydrolysis) is 1. The van der Waals surface area contributed by atoms with Crippen molar-refractivity contribution in [2.24, 2.45) is 0 Å². The fourth-order valence-corrected chi connectivity index (χ4v) is 6.20. The number of alkyl halides is 1. The van der Waals surface area contributed by atoms with E-state index in [4.69, 9.17) is 4.74 Å². The molecule has 1 heterocycles. The highest BCUT2D eigenvalue weighted by atomic mass is 32.2. The summed E-state index contributed by atoms with van der Waals surface area (Å²) < 4.78 is 50.2. The van der Waals surface area contributed by atoms with Crippen LogP contribution in [0.3, 0.4) is 0 Å². The maximum Gasteiger partial charge on any atom is 0.499 e. The molecule has 1 N–H and O–H groups in total. The van der Waals surface area contributed by atoms with Gasteiger partial charge in [-0.3, -0.25) is 20.2 Å². The van der Waals surface area contributed by atoms with Crippen molar-refractivity contribution >= 4 is 27.5 Å².